The Morgan fingerprint density at radius 3 is 2.95 bits per heavy atom. The summed E-state index contributed by atoms with van der Waals surface area (Å²) in [4.78, 5) is 4.34. The summed E-state index contributed by atoms with van der Waals surface area (Å²) in [6.45, 7) is 2.19. The smallest absolute Gasteiger partial charge is 0.257 e. The van der Waals surface area contributed by atoms with Crippen LogP contribution in [-0.2, 0) is 22.4 Å². The number of nitrogens with zero attached hydrogens (tertiary/aromatic N) is 2. The first kappa shape index (κ1) is 14.6. The van der Waals surface area contributed by atoms with Gasteiger partial charge in [0, 0.05) is 25.6 Å². The summed E-state index contributed by atoms with van der Waals surface area (Å²) in [6.07, 6.45) is 0.615. The van der Waals surface area contributed by atoms with Crippen molar-refractivity contribution < 1.29 is 14.0 Å². The van der Waals surface area contributed by atoms with Crippen molar-refractivity contribution >= 4 is 0 Å². The molecule has 0 amide bonds. The summed E-state index contributed by atoms with van der Waals surface area (Å²) < 4.78 is 15.5. The summed E-state index contributed by atoms with van der Waals surface area (Å²) in [6, 6.07) is 7.76. The number of nitrogens with two attached hydrogens (primary N) is 1. The van der Waals surface area contributed by atoms with E-state index in [0.717, 1.165) is 11.1 Å². The van der Waals surface area contributed by atoms with Crippen LogP contribution in [0.15, 0.2) is 28.8 Å². The molecule has 108 valence electrons. The molecule has 0 fully saturated rings. The second-order valence-electron chi connectivity index (χ2n) is 4.28. The molecule has 0 aliphatic rings. The van der Waals surface area contributed by atoms with E-state index in [1.54, 1.807) is 7.11 Å². The summed E-state index contributed by atoms with van der Waals surface area (Å²) >= 11 is 0. The molecule has 1 heterocycles. The molecule has 1 aromatic heterocycles. The molecular weight excluding hydrogens is 258 g/mol. The Bertz CT molecular complexity index is 528. The lowest BCUT2D eigenvalue weighted by molar-refractivity contribution is 0.0714. The number of aromatic nitrogens is 2. The van der Waals surface area contributed by atoms with Gasteiger partial charge in [0.05, 0.1) is 19.8 Å². The highest BCUT2D eigenvalue weighted by atomic mass is 16.5. The fourth-order valence-corrected chi connectivity index (χ4v) is 1.71. The lowest BCUT2D eigenvalue weighted by Crippen LogP contribution is -2.05. The Hall–Kier alpha value is -1.76. The molecule has 0 saturated heterocycles. The van der Waals surface area contributed by atoms with Gasteiger partial charge in [0.25, 0.3) is 5.89 Å². The molecule has 0 radical (unpaired) electrons. The third-order valence-electron chi connectivity index (χ3n) is 2.78. The maximum Gasteiger partial charge on any atom is 0.257 e. The van der Waals surface area contributed by atoms with Crippen LogP contribution in [0.4, 0.5) is 0 Å². The van der Waals surface area contributed by atoms with Gasteiger partial charge in [-0.3, -0.25) is 0 Å². The average molecular weight is 277 g/mol. The fraction of sp³-hybridized carbons (Fsp3) is 0.429. The Labute approximate surface area is 117 Å². The number of ether oxygens (including phenoxy) is 2. The van der Waals surface area contributed by atoms with Gasteiger partial charge in [0.15, 0.2) is 5.82 Å². The highest BCUT2D eigenvalue weighted by Crippen LogP contribution is 2.18. The fourth-order valence-electron chi connectivity index (χ4n) is 1.71. The number of hydrogen-bond acceptors (Lipinski definition) is 6. The van der Waals surface area contributed by atoms with Crippen LogP contribution in [0.5, 0.6) is 0 Å². The zero-order valence-electron chi connectivity index (χ0n) is 11.5. The van der Waals surface area contributed by atoms with E-state index < -0.39 is 0 Å². The SMILES string of the molecule is COCCOCCc1noc(-c2cccc(CN)c2)n1. The van der Waals surface area contributed by atoms with E-state index in [-0.39, 0.29) is 0 Å². The summed E-state index contributed by atoms with van der Waals surface area (Å²) in [5, 5.41) is 3.94. The highest BCUT2D eigenvalue weighted by molar-refractivity contribution is 5.53. The molecule has 0 bridgehead atoms. The monoisotopic (exact) mass is 277 g/mol. The molecule has 1 aromatic carbocycles. The zero-order valence-corrected chi connectivity index (χ0v) is 11.5. The van der Waals surface area contributed by atoms with Gasteiger partial charge in [-0.1, -0.05) is 17.3 Å². The van der Waals surface area contributed by atoms with E-state index in [0.29, 0.717) is 44.5 Å². The minimum absolute atomic E-state index is 0.488. The van der Waals surface area contributed by atoms with E-state index in [9.17, 15) is 0 Å². The molecule has 0 unspecified atom stereocenters. The first-order chi connectivity index (χ1) is 9.83. The standard InChI is InChI=1S/C14H19N3O3/c1-18-7-8-19-6-5-13-16-14(20-17-13)12-4-2-3-11(9-12)10-15/h2-4,9H,5-8,10,15H2,1H3. The van der Waals surface area contributed by atoms with Crippen molar-refractivity contribution in [3.05, 3.63) is 35.7 Å². The number of benzene rings is 1. The Morgan fingerprint density at radius 2 is 2.15 bits per heavy atom. The van der Waals surface area contributed by atoms with Gasteiger partial charge in [-0.15, -0.1) is 0 Å². The molecule has 2 aromatic rings. The summed E-state index contributed by atoms with van der Waals surface area (Å²) in [5.74, 6) is 1.14. The topological polar surface area (TPSA) is 83.4 Å². The van der Waals surface area contributed by atoms with E-state index in [1.165, 1.54) is 0 Å². The van der Waals surface area contributed by atoms with Crippen LogP contribution < -0.4 is 5.73 Å². The third-order valence-corrected chi connectivity index (χ3v) is 2.78. The van der Waals surface area contributed by atoms with E-state index in [2.05, 4.69) is 10.1 Å². The molecule has 6 nitrogen and oxygen atoms in total. The predicted molar refractivity (Wildman–Crippen MR) is 74.0 cm³/mol. The van der Waals surface area contributed by atoms with Gasteiger partial charge in [-0.05, 0) is 17.7 Å². The molecule has 6 heteroatoms. The van der Waals surface area contributed by atoms with Crippen LogP contribution in [0.2, 0.25) is 0 Å². The largest absolute Gasteiger partial charge is 0.382 e. The van der Waals surface area contributed by atoms with Crippen LogP contribution in [0.1, 0.15) is 11.4 Å². The predicted octanol–water partition coefficient (Wildman–Crippen LogP) is 1.40. The molecule has 2 N–H and O–H groups in total. The molecule has 0 saturated carbocycles. The first-order valence-electron chi connectivity index (χ1n) is 6.52. The van der Waals surface area contributed by atoms with Gasteiger partial charge in [0.1, 0.15) is 0 Å². The van der Waals surface area contributed by atoms with Crippen LogP contribution >= 0.6 is 0 Å². The van der Waals surface area contributed by atoms with Crippen LogP contribution in [-0.4, -0.2) is 37.1 Å². The van der Waals surface area contributed by atoms with Crippen molar-refractivity contribution in [2.24, 2.45) is 5.73 Å². The number of methoxy groups -OCH3 is 1. The molecule has 0 spiro atoms. The lowest BCUT2D eigenvalue weighted by atomic mass is 10.1. The second kappa shape index (κ2) is 7.74. The van der Waals surface area contributed by atoms with Crippen molar-refractivity contribution in [2.45, 2.75) is 13.0 Å². The van der Waals surface area contributed by atoms with Crippen LogP contribution in [0.3, 0.4) is 0 Å². The molecular formula is C14H19N3O3. The number of hydrogen-bond donors (Lipinski definition) is 1. The number of rotatable bonds is 8. The van der Waals surface area contributed by atoms with E-state index in [4.69, 9.17) is 19.7 Å². The Kier molecular flexibility index (Phi) is 5.67. The highest BCUT2D eigenvalue weighted by Gasteiger charge is 2.09. The van der Waals surface area contributed by atoms with Gasteiger partial charge in [0.2, 0.25) is 0 Å². The van der Waals surface area contributed by atoms with Crippen LogP contribution in [0, 0.1) is 0 Å². The molecule has 20 heavy (non-hydrogen) atoms. The maximum absolute atomic E-state index is 5.61. The Morgan fingerprint density at radius 1 is 1.25 bits per heavy atom. The summed E-state index contributed by atoms with van der Waals surface area (Å²) in [5.41, 5.74) is 7.53. The van der Waals surface area contributed by atoms with E-state index in [1.807, 2.05) is 24.3 Å². The van der Waals surface area contributed by atoms with Gasteiger partial charge in [-0.25, -0.2) is 0 Å². The van der Waals surface area contributed by atoms with Crippen molar-refractivity contribution in [1.82, 2.24) is 10.1 Å². The lowest BCUT2D eigenvalue weighted by Gasteiger charge is -2.00. The van der Waals surface area contributed by atoms with Crippen LogP contribution in [0.25, 0.3) is 11.5 Å². The maximum atomic E-state index is 5.61. The van der Waals surface area contributed by atoms with Crippen molar-refractivity contribution in [2.75, 3.05) is 26.9 Å². The normalized spacial score (nSPS) is 10.9. The van der Waals surface area contributed by atoms with Gasteiger partial charge >= 0.3 is 0 Å². The van der Waals surface area contributed by atoms with Crippen molar-refractivity contribution in [3.8, 4) is 11.5 Å². The van der Waals surface area contributed by atoms with Gasteiger partial charge < -0.3 is 19.7 Å². The third kappa shape index (κ3) is 4.12. The van der Waals surface area contributed by atoms with Gasteiger partial charge in [-0.2, -0.15) is 4.98 Å². The molecule has 2 rings (SSSR count). The van der Waals surface area contributed by atoms with E-state index >= 15 is 0 Å². The quantitative estimate of drug-likeness (QED) is 0.734. The van der Waals surface area contributed by atoms with Crippen molar-refractivity contribution in [3.63, 3.8) is 0 Å². The minimum Gasteiger partial charge on any atom is -0.382 e. The first-order valence-corrected chi connectivity index (χ1v) is 6.52. The second-order valence-corrected chi connectivity index (χ2v) is 4.28. The minimum atomic E-state index is 0.488. The zero-order chi connectivity index (χ0) is 14.2. The Balaban J connectivity index is 1.91. The molecule has 0 atom stereocenters. The molecule has 0 aliphatic heterocycles. The molecule has 0 aliphatic carbocycles. The van der Waals surface area contributed by atoms with Crippen molar-refractivity contribution in [1.29, 1.82) is 0 Å². The average Bonchev–Trinajstić information content (AvgIpc) is 2.96. The summed E-state index contributed by atoms with van der Waals surface area (Å²) in [7, 11) is 1.64.